The summed E-state index contributed by atoms with van der Waals surface area (Å²) in [4.78, 5) is 13.8. The molecular weight excluding hydrogens is 265 g/mol. The van der Waals surface area contributed by atoms with Crippen molar-refractivity contribution in [3.63, 3.8) is 0 Å². The van der Waals surface area contributed by atoms with Gasteiger partial charge in [0.05, 0.1) is 11.3 Å². The van der Waals surface area contributed by atoms with Crippen LogP contribution in [0.3, 0.4) is 0 Å². The Kier molecular flexibility index (Phi) is 4.16. The fourth-order valence-corrected chi connectivity index (χ4v) is 2.50. The van der Waals surface area contributed by atoms with Gasteiger partial charge in [0.2, 0.25) is 0 Å². The molecule has 100 valence electrons. The first-order valence-electron chi connectivity index (χ1n) is 5.84. The number of thiophene rings is 1. The van der Waals surface area contributed by atoms with Crippen molar-refractivity contribution in [2.24, 2.45) is 0 Å². The topological polar surface area (TPSA) is 40.5 Å². The van der Waals surface area contributed by atoms with E-state index >= 15 is 0 Å². The minimum atomic E-state index is -1.12. The molecular formula is C14H14FNO2S. The van der Waals surface area contributed by atoms with Crippen LogP contribution in [0.15, 0.2) is 35.7 Å². The third kappa shape index (κ3) is 3.32. The van der Waals surface area contributed by atoms with Crippen LogP contribution in [-0.4, -0.2) is 24.7 Å². The highest BCUT2D eigenvalue weighted by atomic mass is 32.1. The van der Waals surface area contributed by atoms with Crippen molar-refractivity contribution < 1.29 is 14.3 Å². The lowest BCUT2D eigenvalue weighted by molar-refractivity contribution is 0.0696. The van der Waals surface area contributed by atoms with Gasteiger partial charge in [0, 0.05) is 18.5 Å². The zero-order valence-electron chi connectivity index (χ0n) is 10.5. The summed E-state index contributed by atoms with van der Waals surface area (Å²) >= 11 is 1.67. The molecule has 0 spiro atoms. The molecule has 0 radical (unpaired) electrons. The molecule has 0 aliphatic rings. The summed E-state index contributed by atoms with van der Waals surface area (Å²) in [6, 6.07) is 8.01. The quantitative estimate of drug-likeness (QED) is 0.913. The number of hydrogen-bond acceptors (Lipinski definition) is 3. The third-order valence-electron chi connectivity index (χ3n) is 2.88. The molecule has 2 rings (SSSR count). The van der Waals surface area contributed by atoms with Crippen molar-refractivity contribution in [2.45, 2.75) is 6.42 Å². The molecule has 0 unspecified atom stereocenters. The number of rotatable bonds is 5. The first kappa shape index (κ1) is 13.5. The van der Waals surface area contributed by atoms with Gasteiger partial charge in [-0.2, -0.15) is 0 Å². The molecule has 0 aliphatic carbocycles. The lowest BCUT2D eigenvalue weighted by atomic mass is 10.2. The fourth-order valence-electron chi connectivity index (χ4n) is 1.80. The second kappa shape index (κ2) is 5.84. The Balaban J connectivity index is 2.06. The highest BCUT2D eigenvalue weighted by Gasteiger charge is 2.11. The molecule has 3 nitrogen and oxygen atoms in total. The van der Waals surface area contributed by atoms with E-state index in [1.807, 2.05) is 17.5 Å². The normalized spacial score (nSPS) is 10.4. The van der Waals surface area contributed by atoms with Gasteiger partial charge in [0.1, 0.15) is 5.82 Å². The van der Waals surface area contributed by atoms with Crippen molar-refractivity contribution in [3.05, 3.63) is 52.0 Å². The number of carboxylic acids is 1. The molecule has 0 aliphatic heterocycles. The lowest BCUT2D eigenvalue weighted by Gasteiger charge is -2.19. The van der Waals surface area contributed by atoms with Crippen LogP contribution in [0.2, 0.25) is 0 Å². The van der Waals surface area contributed by atoms with E-state index in [9.17, 15) is 9.18 Å². The first-order chi connectivity index (χ1) is 9.08. The number of aromatic carboxylic acids is 1. The molecule has 0 saturated carbocycles. The average Bonchev–Trinajstić information content (AvgIpc) is 2.88. The Hall–Kier alpha value is -1.88. The number of benzene rings is 1. The van der Waals surface area contributed by atoms with Crippen LogP contribution in [0.4, 0.5) is 10.1 Å². The largest absolute Gasteiger partial charge is 0.478 e. The lowest BCUT2D eigenvalue weighted by Crippen LogP contribution is -2.21. The Morgan fingerprint density at radius 1 is 1.42 bits per heavy atom. The molecule has 0 saturated heterocycles. The molecule has 1 heterocycles. The maximum atomic E-state index is 13.8. The molecule has 1 N–H and O–H groups in total. The van der Waals surface area contributed by atoms with Gasteiger partial charge in [-0.15, -0.1) is 11.3 Å². The number of nitrogens with zero attached hydrogens (tertiary/aromatic N) is 1. The minimum Gasteiger partial charge on any atom is -0.478 e. The molecule has 19 heavy (non-hydrogen) atoms. The third-order valence-corrected chi connectivity index (χ3v) is 3.82. The number of carbonyl (C=O) groups is 1. The average molecular weight is 279 g/mol. The summed E-state index contributed by atoms with van der Waals surface area (Å²) in [6.45, 7) is 0.684. The Morgan fingerprint density at radius 2 is 2.21 bits per heavy atom. The molecule has 0 atom stereocenters. The van der Waals surface area contributed by atoms with E-state index in [0.29, 0.717) is 12.2 Å². The maximum Gasteiger partial charge on any atom is 0.335 e. The van der Waals surface area contributed by atoms with E-state index in [4.69, 9.17) is 5.11 Å². The zero-order valence-corrected chi connectivity index (χ0v) is 11.3. The van der Waals surface area contributed by atoms with E-state index in [-0.39, 0.29) is 5.56 Å². The van der Waals surface area contributed by atoms with Gasteiger partial charge in [-0.05, 0) is 36.1 Å². The second-order valence-electron chi connectivity index (χ2n) is 4.22. The summed E-state index contributed by atoms with van der Waals surface area (Å²) in [6.07, 6.45) is 0.842. The van der Waals surface area contributed by atoms with Crippen LogP contribution >= 0.6 is 11.3 Å². The van der Waals surface area contributed by atoms with Gasteiger partial charge >= 0.3 is 5.97 Å². The Morgan fingerprint density at radius 3 is 2.79 bits per heavy atom. The van der Waals surface area contributed by atoms with Gasteiger partial charge in [0.25, 0.3) is 0 Å². The van der Waals surface area contributed by atoms with Crippen LogP contribution in [0.25, 0.3) is 0 Å². The highest BCUT2D eigenvalue weighted by molar-refractivity contribution is 7.09. The summed E-state index contributed by atoms with van der Waals surface area (Å²) in [5.41, 5.74) is 0.384. The van der Waals surface area contributed by atoms with Gasteiger partial charge in [-0.3, -0.25) is 0 Å². The summed E-state index contributed by atoms with van der Waals surface area (Å²) in [5.74, 6) is -1.62. The van der Waals surface area contributed by atoms with Crippen molar-refractivity contribution in [2.75, 3.05) is 18.5 Å². The molecule has 2 aromatic rings. The van der Waals surface area contributed by atoms with Crippen molar-refractivity contribution in [1.29, 1.82) is 0 Å². The SMILES string of the molecule is CN(CCc1cccs1)c1ccc(C(=O)O)cc1F. The highest BCUT2D eigenvalue weighted by Crippen LogP contribution is 2.20. The van der Waals surface area contributed by atoms with E-state index in [1.54, 1.807) is 23.3 Å². The predicted octanol–water partition coefficient (Wildman–Crippen LogP) is 3.26. The molecule has 5 heteroatoms. The number of carboxylic acid groups (broad SMARTS) is 1. The van der Waals surface area contributed by atoms with Gasteiger partial charge in [-0.1, -0.05) is 6.07 Å². The first-order valence-corrected chi connectivity index (χ1v) is 6.72. The summed E-state index contributed by atoms with van der Waals surface area (Å²) in [7, 11) is 1.80. The van der Waals surface area contributed by atoms with E-state index in [1.165, 1.54) is 17.0 Å². The van der Waals surface area contributed by atoms with Gasteiger partial charge in [-0.25, -0.2) is 9.18 Å². The number of likely N-dealkylation sites (N-methyl/N-ethyl adjacent to an activating group) is 1. The number of halogens is 1. The molecule has 0 bridgehead atoms. The number of anilines is 1. The van der Waals surface area contributed by atoms with E-state index in [0.717, 1.165) is 12.5 Å². The van der Waals surface area contributed by atoms with Crippen molar-refractivity contribution in [3.8, 4) is 0 Å². The van der Waals surface area contributed by atoms with Crippen molar-refractivity contribution in [1.82, 2.24) is 0 Å². The monoisotopic (exact) mass is 279 g/mol. The van der Waals surface area contributed by atoms with Gasteiger partial charge < -0.3 is 10.0 Å². The fraction of sp³-hybridized carbons (Fsp3) is 0.214. The second-order valence-corrected chi connectivity index (χ2v) is 5.25. The summed E-state index contributed by atoms with van der Waals surface area (Å²) in [5, 5.41) is 10.8. The van der Waals surface area contributed by atoms with Gasteiger partial charge in [0.15, 0.2) is 0 Å². The molecule has 1 aromatic heterocycles. The molecule has 0 amide bonds. The van der Waals surface area contributed by atoms with Crippen LogP contribution in [0, 0.1) is 5.82 Å². The predicted molar refractivity (Wildman–Crippen MR) is 74.7 cm³/mol. The van der Waals surface area contributed by atoms with Crippen LogP contribution < -0.4 is 4.90 Å². The number of hydrogen-bond donors (Lipinski definition) is 1. The van der Waals surface area contributed by atoms with Crippen LogP contribution in [-0.2, 0) is 6.42 Å². The van der Waals surface area contributed by atoms with E-state index in [2.05, 4.69) is 0 Å². The molecule has 1 aromatic carbocycles. The standard InChI is InChI=1S/C14H14FNO2S/c1-16(7-6-11-3-2-8-19-11)13-5-4-10(14(17)18)9-12(13)15/h2-5,8-9H,6-7H2,1H3,(H,17,18). The van der Waals surface area contributed by atoms with Crippen molar-refractivity contribution >= 4 is 23.0 Å². The molecule has 0 fully saturated rings. The Labute approximate surface area is 114 Å². The maximum absolute atomic E-state index is 13.8. The smallest absolute Gasteiger partial charge is 0.335 e. The van der Waals surface area contributed by atoms with E-state index < -0.39 is 11.8 Å². The Bertz CT molecular complexity index is 569. The minimum absolute atomic E-state index is 0.0343. The summed E-state index contributed by atoms with van der Waals surface area (Å²) < 4.78 is 13.8. The zero-order chi connectivity index (χ0) is 13.8. The van der Waals surface area contributed by atoms with Crippen LogP contribution in [0.1, 0.15) is 15.2 Å². The van der Waals surface area contributed by atoms with Crippen LogP contribution in [0.5, 0.6) is 0 Å².